The molecule has 0 saturated heterocycles. The molecule has 22 heavy (non-hydrogen) atoms. The van der Waals surface area contributed by atoms with Crippen LogP contribution in [0.5, 0.6) is 0 Å². The van der Waals surface area contributed by atoms with Crippen LogP contribution in [0.4, 0.5) is 4.39 Å². The van der Waals surface area contributed by atoms with Gasteiger partial charge in [0.1, 0.15) is 5.82 Å². The first kappa shape index (κ1) is 14.7. The van der Waals surface area contributed by atoms with Gasteiger partial charge in [0.25, 0.3) is 0 Å². The summed E-state index contributed by atoms with van der Waals surface area (Å²) in [5.41, 5.74) is 3.41. The van der Waals surface area contributed by atoms with E-state index in [0.29, 0.717) is 5.16 Å². The molecule has 0 aliphatic carbocycles. The number of rotatable bonds is 4. The van der Waals surface area contributed by atoms with Crippen molar-refractivity contribution in [3.63, 3.8) is 0 Å². The van der Waals surface area contributed by atoms with Crippen LogP contribution in [-0.4, -0.2) is 25.8 Å². The van der Waals surface area contributed by atoms with Crippen molar-refractivity contribution in [3.05, 3.63) is 48.7 Å². The predicted octanol–water partition coefficient (Wildman–Crippen LogP) is 3.89. The molecule has 0 aliphatic rings. The molecular weight excluding hydrogens is 299 g/mol. The maximum absolute atomic E-state index is 13.1. The third-order valence-electron chi connectivity index (χ3n) is 3.35. The van der Waals surface area contributed by atoms with Crippen LogP contribution in [0.15, 0.2) is 48.0 Å². The summed E-state index contributed by atoms with van der Waals surface area (Å²) in [5.74, 6) is -0.257. The second-order valence-electron chi connectivity index (χ2n) is 4.66. The van der Waals surface area contributed by atoms with Gasteiger partial charge in [-0.2, -0.15) is 0 Å². The number of nitrogens with zero attached hydrogens (tertiary/aromatic N) is 4. The molecule has 0 bridgehead atoms. The monoisotopic (exact) mass is 314 g/mol. The Bertz CT molecular complexity index is 783. The fourth-order valence-electron chi connectivity index (χ4n) is 2.28. The van der Waals surface area contributed by atoms with E-state index in [4.69, 9.17) is 0 Å². The van der Waals surface area contributed by atoms with Crippen molar-refractivity contribution in [2.75, 3.05) is 6.26 Å². The standard InChI is InChI=1S/C16H15FN4S/c1-3-21-10-19-14(11-4-6-12(17)7-5-11)15(21)13-8-9-18-16(20-13)22-2/h4-10H,3H2,1-2H3. The molecule has 0 atom stereocenters. The van der Waals surface area contributed by atoms with Gasteiger partial charge in [-0.15, -0.1) is 0 Å². The van der Waals surface area contributed by atoms with Crippen LogP contribution in [0, 0.1) is 5.82 Å². The van der Waals surface area contributed by atoms with E-state index in [1.165, 1.54) is 23.9 Å². The van der Waals surface area contributed by atoms with E-state index in [1.54, 1.807) is 24.7 Å². The number of thioether (sulfide) groups is 1. The highest BCUT2D eigenvalue weighted by atomic mass is 32.2. The summed E-state index contributed by atoms with van der Waals surface area (Å²) >= 11 is 1.50. The average molecular weight is 314 g/mol. The number of halogens is 1. The summed E-state index contributed by atoms with van der Waals surface area (Å²) in [6.07, 6.45) is 5.47. The first-order valence-corrected chi connectivity index (χ1v) is 8.14. The summed E-state index contributed by atoms with van der Waals surface area (Å²) in [6, 6.07) is 8.22. The van der Waals surface area contributed by atoms with Crippen molar-refractivity contribution < 1.29 is 4.39 Å². The first-order valence-electron chi connectivity index (χ1n) is 6.91. The molecule has 3 rings (SSSR count). The Morgan fingerprint density at radius 3 is 2.59 bits per heavy atom. The van der Waals surface area contributed by atoms with Crippen molar-refractivity contribution in [3.8, 4) is 22.6 Å². The van der Waals surface area contributed by atoms with Gasteiger partial charge in [-0.05, 0) is 43.5 Å². The molecule has 112 valence electrons. The lowest BCUT2D eigenvalue weighted by molar-refractivity contribution is 0.628. The van der Waals surface area contributed by atoms with E-state index in [1.807, 2.05) is 16.9 Å². The molecule has 0 saturated carbocycles. The number of benzene rings is 1. The van der Waals surface area contributed by atoms with Crippen LogP contribution in [0.2, 0.25) is 0 Å². The molecule has 0 fully saturated rings. The molecular formula is C16H15FN4S. The minimum absolute atomic E-state index is 0.257. The van der Waals surface area contributed by atoms with E-state index in [-0.39, 0.29) is 5.82 Å². The van der Waals surface area contributed by atoms with Gasteiger partial charge in [0.05, 0.1) is 23.4 Å². The number of imidazole rings is 1. The topological polar surface area (TPSA) is 43.6 Å². The van der Waals surface area contributed by atoms with Gasteiger partial charge in [-0.1, -0.05) is 11.8 Å². The first-order chi connectivity index (χ1) is 10.7. The summed E-state index contributed by atoms with van der Waals surface area (Å²) in [6.45, 7) is 2.83. The van der Waals surface area contributed by atoms with Gasteiger partial charge >= 0.3 is 0 Å². The summed E-state index contributed by atoms with van der Waals surface area (Å²) in [4.78, 5) is 13.3. The Balaban J connectivity index is 2.16. The normalized spacial score (nSPS) is 10.9. The van der Waals surface area contributed by atoms with Crippen LogP contribution in [0.25, 0.3) is 22.6 Å². The van der Waals surface area contributed by atoms with Gasteiger partial charge in [0.2, 0.25) is 0 Å². The smallest absolute Gasteiger partial charge is 0.187 e. The van der Waals surface area contributed by atoms with Crippen LogP contribution in [0.3, 0.4) is 0 Å². The molecule has 0 radical (unpaired) electrons. The molecule has 6 heteroatoms. The van der Waals surface area contributed by atoms with E-state index in [0.717, 1.165) is 29.2 Å². The molecule has 0 spiro atoms. The van der Waals surface area contributed by atoms with Crippen LogP contribution < -0.4 is 0 Å². The van der Waals surface area contributed by atoms with Crippen LogP contribution >= 0.6 is 11.8 Å². The molecule has 0 N–H and O–H groups in total. The van der Waals surface area contributed by atoms with Crippen LogP contribution in [0.1, 0.15) is 6.92 Å². The Hall–Kier alpha value is -2.21. The molecule has 2 aromatic heterocycles. The zero-order valence-corrected chi connectivity index (χ0v) is 13.1. The predicted molar refractivity (Wildman–Crippen MR) is 86.1 cm³/mol. The lowest BCUT2D eigenvalue weighted by Crippen LogP contribution is -1.99. The van der Waals surface area contributed by atoms with E-state index >= 15 is 0 Å². The van der Waals surface area contributed by atoms with Crippen molar-refractivity contribution >= 4 is 11.8 Å². The van der Waals surface area contributed by atoms with E-state index < -0.39 is 0 Å². The minimum atomic E-state index is -0.257. The lowest BCUT2D eigenvalue weighted by atomic mass is 10.1. The highest BCUT2D eigenvalue weighted by Crippen LogP contribution is 2.30. The fraction of sp³-hybridized carbons (Fsp3) is 0.188. The highest BCUT2D eigenvalue weighted by Gasteiger charge is 2.16. The fourth-order valence-corrected chi connectivity index (χ4v) is 2.64. The Kier molecular flexibility index (Phi) is 4.20. The number of hydrogen-bond donors (Lipinski definition) is 0. The van der Waals surface area contributed by atoms with Gasteiger partial charge in [-0.3, -0.25) is 0 Å². The Morgan fingerprint density at radius 2 is 1.91 bits per heavy atom. The number of hydrogen-bond acceptors (Lipinski definition) is 4. The van der Waals surface area contributed by atoms with Crippen molar-refractivity contribution in [1.29, 1.82) is 0 Å². The van der Waals surface area contributed by atoms with Crippen LogP contribution in [-0.2, 0) is 6.54 Å². The largest absolute Gasteiger partial charge is 0.329 e. The van der Waals surface area contributed by atoms with Gasteiger partial charge < -0.3 is 4.57 Å². The van der Waals surface area contributed by atoms with Crippen molar-refractivity contribution in [2.24, 2.45) is 0 Å². The maximum Gasteiger partial charge on any atom is 0.187 e. The molecule has 0 amide bonds. The Labute approximate surface area is 132 Å². The zero-order valence-electron chi connectivity index (χ0n) is 12.3. The summed E-state index contributed by atoms with van der Waals surface area (Å²) in [7, 11) is 0. The van der Waals surface area contributed by atoms with E-state index in [2.05, 4.69) is 21.9 Å². The van der Waals surface area contributed by atoms with Gasteiger partial charge in [-0.25, -0.2) is 19.3 Å². The van der Waals surface area contributed by atoms with E-state index in [9.17, 15) is 4.39 Å². The second kappa shape index (κ2) is 6.27. The molecule has 3 aromatic rings. The average Bonchev–Trinajstić information content (AvgIpc) is 2.99. The molecule has 4 nitrogen and oxygen atoms in total. The summed E-state index contributed by atoms with van der Waals surface area (Å²) < 4.78 is 15.2. The molecule has 1 aromatic carbocycles. The SMILES string of the molecule is CCn1cnc(-c2ccc(F)cc2)c1-c1ccnc(SC)n1. The van der Waals surface area contributed by atoms with Crippen molar-refractivity contribution in [2.45, 2.75) is 18.6 Å². The molecule has 0 unspecified atom stereocenters. The molecule has 2 heterocycles. The van der Waals surface area contributed by atoms with Crippen molar-refractivity contribution in [1.82, 2.24) is 19.5 Å². The molecule has 0 aliphatic heterocycles. The summed E-state index contributed by atoms with van der Waals surface area (Å²) in [5, 5.41) is 0.714. The zero-order chi connectivity index (χ0) is 15.5. The minimum Gasteiger partial charge on any atom is -0.329 e. The van der Waals surface area contributed by atoms with Gasteiger partial charge in [0, 0.05) is 18.3 Å². The lowest BCUT2D eigenvalue weighted by Gasteiger charge is -2.08. The third kappa shape index (κ3) is 2.74. The third-order valence-corrected chi connectivity index (χ3v) is 3.92. The van der Waals surface area contributed by atoms with Gasteiger partial charge in [0.15, 0.2) is 5.16 Å². The maximum atomic E-state index is 13.1. The Morgan fingerprint density at radius 1 is 1.14 bits per heavy atom. The number of aromatic nitrogens is 4. The number of aryl methyl sites for hydroxylation is 1. The second-order valence-corrected chi connectivity index (χ2v) is 5.44. The highest BCUT2D eigenvalue weighted by molar-refractivity contribution is 7.98. The quantitative estimate of drug-likeness (QED) is 0.541.